The quantitative estimate of drug-likeness (QED) is 0.819. The Balaban J connectivity index is 2.72. The maximum atomic E-state index is 11.3. The zero-order valence-corrected chi connectivity index (χ0v) is 11.2. The molecule has 0 radical (unpaired) electrons. The van der Waals surface area contributed by atoms with Crippen LogP contribution in [0.4, 0.5) is 5.69 Å². The average Bonchev–Trinajstić information content (AvgIpc) is 2.27. The molecule has 0 bridgehead atoms. The fourth-order valence-corrected chi connectivity index (χ4v) is 1.55. The molecule has 3 nitrogen and oxygen atoms in total. The minimum Gasteiger partial charge on any atom is -0.467 e. The molecule has 1 aromatic rings. The van der Waals surface area contributed by atoms with Gasteiger partial charge in [0, 0.05) is 5.69 Å². The van der Waals surface area contributed by atoms with Crippen molar-refractivity contribution in [3.05, 3.63) is 29.8 Å². The van der Waals surface area contributed by atoms with Gasteiger partial charge in [-0.15, -0.1) is 0 Å². The van der Waals surface area contributed by atoms with Gasteiger partial charge in [0.05, 0.1) is 7.11 Å². The van der Waals surface area contributed by atoms with Crippen LogP contribution in [0, 0.1) is 0 Å². The number of ether oxygens (including phenoxy) is 1. The second-order valence-electron chi connectivity index (χ2n) is 5.22. The van der Waals surface area contributed by atoms with E-state index in [9.17, 15) is 4.79 Å². The van der Waals surface area contributed by atoms with Crippen LogP contribution in [0.2, 0.25) is 0 Å². The van der Waals surface area contributed by atoms with Crippen molar-refractivity contribution in [2.75, 3.05) is 12.4 Å². The van der Waals surface area contributed by atoms with E-state index in [-0.39, 0.29) is 17.4 Å². The summed E-state index contributed by atoms with van der Waals surface area (Å²) in [5, 5.41) is 3.10. The van der Waals surface area contributed by atoms with Crippen LogP contribution in [-0.4, -0.2) is 19.1 Å². The lowest BCUT2D eigenvalue weighted by Crippen LogP contribution is -2.27. The predicted molar refractivity (Wildman–Crippen MR) is 70.2 cm³/mol. The van der Waals surface area contributed by atoms with Crippen LogP contribution in [0.25, 0.3) is 0 Å². The van der Waals surface area contributed by atoms with E-state index in [4.69, 9.17) is 0 Å². The molecule has 94 valence electrons. The first kappa shape index (κ1) is 13.6. The zero-order valence-electron chi connectivity index (χ0n) is 11.2. The van der Waals surface area contributed by atoms with E-state index in [1.807, 2.05) is 12.1 Å². The van der Waals surface area contributed by atoms with Gasteiger partial charge in [-0.3, -0.25) is 0 Å². The van der Waals surface area contributed by atoms with Crippen molar-refractivity contribution in [1.29, 1.82) is 0 Å². The monoisotopic (exact) mass is 235 g/mol. The first-order chi connectivity index (χ1) is 7.84. The lowest BCUT2D eigenvalue weighted by Gasteiger charge is -2.20. The molecule has 1 N–H and O–H groups in total. The highest BCUT2D eigenvalue weighted by Gasteiger charge is 2.15. The normalized spacial score (nSPS) is 13.0. The molecule has 0 saturated heterocycles. The van der Waals surface area contributed by atoms with Crippen LogP contribution in [0.3, 0.4) is 0 Å². The van der Waals surface area contributed by atoms with Crippen molar-refractivity contribution in [3.63, 3.8) is 0 Å². The number of anilines is 1. The summed E-state index contributed by atoms with van der Waals surface area (Å²) in [6.45, 7) is 8.30. The summed E-state index contributed by atoms with van der Waals surface area (Å²) >= 11 is 0. The molecule has 1 rings (SSSR count). The van der Waals surface area contributed by atoms with Crippen LogP contribution >= 0.6 is 0 Å². The van der Waals surface area contributed by atoms with Crippen molar-refractivity contribution < 1.29 is 9.53 Å². The van der Waals surface area contributed by atoms with Gasteiger partial charge in [0.15, 0.2) is 0 Å². The second kappa shape index (κ2) is 5.21. The van der Waals surface area contributed by atoms with Crippen molar-refractivity contribution >= 4 is 11.7 Å². The molecule has 3 heteroatoms. The van der Waals surface area contributed by atoms with Crippen molar-refractivity contribution in [2.24, 2.45) is 0 Å². The van der Waals surface area contributed by atoms with Crippen LogP contribution < -0.4 is 5.32 Å². The van der Waals surface area contributed by atoms with E-state index in [1.165, 1.54) is 12.7 Å². The summed E-state index contributed by atoms with van der Waals surface area (Å²) in [7, 11) is 1.39. The highest BCUT2D eigenvalue weighted by Crippen LogP contribution is 2.23. The number of benzene rings is 1. The summed E-state index contributed by atoms with van der Waals surface area (Å²) in [5.41, 5.74) is 2.34. The average molecular weight is 235 g/mol. The van der Waals surface area contributed by atoms with Crippen molar-refractivity contribution in [1.82, 2.24) is 0 Å². The number of methoxy groups -OCH3 is 1. The van der Waals surface area contributed by atoms with E-state index in [0.717, 1.165) is 5.69 Å². The Bertz CT molecular complexity index is 376. The fourth-order valence-electron chi connectivity index (χ4n) is 1.55. The zero-order chi connectivity index (χ0) is 13.1. The lowest BCUT2D eigenvalue weighted by atomic mass is 9.87. The summed E-state index contributed by atoms with van der Waals surface area (Å²) in [6, 6.07) is 7.79. The van der Waals surface area contributed by atoms with Crippen LogP contribution in [0.1, 0.15) is 33.3 Å². The van der Waals surface area contributed by atoms with Gasteiger partial charge in [-0.2, -0.15) is 0 Å². The molecule has 0 fully saturated rings. The summed E-state index contributed by atoms with van der Waals surface area (Å²) < 4.78 is 4.66. The van der Waals surface area contributed by atoms with Crippen molar-refractivity contribution in [3.8, 4) is 0 Å². The van der Waals surface area contributed by atoms with Gasteiger partial charge in [0.1, 0.15) is 6.04 Å². The number of carbonyl (C=O) groups is 1. The van der Waals surface area contributed by atoms with Gasteiger partial charge < -0.3 is 10.1 Å². The Morgan fingerprint density at radius 1 is 1.24 bits per heavy atom. The van der Waals surface area contributed by atoms with Crippen LogP contribution in [0.5, 0.6) is 0 Å². The van der Waals surface area contributed by atoms with E-state index < -0.39 is 0 Å². The Morgan fingerprint density at radius 2 is 1.76 bits per heavy atom. The first-order valence-electron chi connectivity index (χ1n) is 5.79. The predicted octanol–water partition coefficient (Wildman–Crippen LogP) is 2.96. The Kier molecular flexibility index (Phi) is 4.16. The molecule has 0 amide bonds. The van der Waals surface area contributed by atoms with Crippen molar-refractivity contribution in [2.45, 2.75) is 39.2 Å². The molecule has 17 heavy (non-hydrogen) atoms. The minimum atomic E-state index is -0.333. The number of hydrogen-bond donors (Lipinski definition) is 1. The standard InChI is InChI=1S/C14H21NO2/c1-10(13(16)17-5)15-12-8-6-11(7-9-12)14(2,3)4/h6-10,15H,1-5H3. The number of carbonyl (C=O) groups excluding carboxylic acids is 1. The van der Waals surface area contributed by atoms with Gasteiger partial charge in [0.2, 0.25) is 0 Å². The summed E-state index contributed by atoms with van der Waals surface area (Å²) in [6.07, 6.45) is 0. The molecule has 0 aliphatic carbocycles. The van der Waals surface area contributed by atoms with E-state index in [2.05, 4.69) is 43.0 Å². The molecule has 0 spiro atoms. The topological polar surface area (TPSA) is 38.3 Å². The third kappa shape index (κ3) is 3.77. The molecule has 1 atom stereocenters. The SMILES string of the molecule is COC(=O)C(C)Nc1ccc(C(C)(C)C)cc1. The molecule has 1 aromatic carbocycles. The smallest absolute Gasteiger partial charge is 0.327 e. The Morgan fingerprint density at radius 3 is 2.18 bits per heavy atom. The van der Waals surface area contributed by atoms with Crippen LogP contribution in [-0.2, 0) is 14.9 Å². The number of nitrogens with one attached hydrogen (secondary N) is 1. The molecule has 0 saturated carbocycles. The molecule has 0 aliphatic rings. The number of rotatable bonds is 3. The summed E-state index contributed by atoms with van der Waals surface area (Å²) in [5.74, 6) is -0.259. The molecular formula is C14H21NO2. The van der Waals surface area contributed by atoms with E-state index in [1.54, 1.807) is 6.92 Å². The molecule has 0 aliphatic heterocycles. The lowest BCUT2D eigenvalue weighted by molar-refractivity contribution is -0.141. The van der Waals surface area contributed by atoms with E-state index >= 15 is 0 Å². The molecule has 1 unspecified atom stereocenters. The Labute approximate surface area is 103 Å². The van der Waals surface area contributed by atoms with Gasteiger partial charge in [-0.05, 0) is 30.0 Å². The third-order valence-corrected chi connectivity index (χ3v) is 2.69. The Hall–Kier alpha value is -1.51. The third-order valence-electron chi connectivity index (χ3n) is 2.69. The van der Waals surface area contributed by atoms with Gasteiger partial charge in [-0.1, -0.05) is 32.9 Å². The summed E-state index contributed by atoms with van der Waals surface area (Å²) in [4.78, 5) is 11.3. The number of hydrogen-bond acceptors (Lipinski definition) is 3. The highest BCUT2D eigenvalue weighted by molar-refractivity contribution is 5.78. The second-order valence-corrected chi connectivity index (χ2v) is 5.22. The highest BCUT2D eigenvalue weighted by atomic mass is 16.5. The van der Waals surface area contributed by atoms with Gasteiger partial charge in [-0.25, -0.2) is 4.79 Å². The molecule has 0 aromatic heterocycles. The largest absolute Gasteiger partial charge is 0.467 e. The maximum Gasteiger partial charge on any atom is 0.327 e. The van der Waals surface area contributed by atoms with E-state index in [0.29, 0.717) is 0 Å². The molecular weight excluding hydrogens is 214 g/mol. The fraction of sp³-hybridized carbons (Fsp3) is 0.500. The van der Waals surface area contributed by atoms with Gasteiger partial charge >= 0.3 is 5.97 Å². The number of esters is 1. The maximum absolute atomic E-state index is 11.3. The minimum absolute atomic E-state index is 0.145. The van der Waals surface area contributed by atoms with Crippen LogP contribution in [0.15, 0.2) is 24.3 Å². The first-order valence-corrected chi connectivity index (χ1v) is 5.79. The molecule has 0 heterocycles. The van der Waals surface area contributed by atoms with Gasteiger partial charge in [0.25, 0.3) is 0 Å².